The summed E-state index contributed by atoms with van der Waals surface area (Å²) in [6.45, 7) is 3.07. The molecule has 0 unspecified atom stereocenters. The molecule has 1 aliphatic heterocycles. The van der Waals surface area contributed by atoms with E-state index in [1.807, 2.05) is 36.4 Å². The second-order valence-corrected chi connectivity index (χ2v) is 9.69. The number of ether oxygens (including phenoxy) is 1. The Kier molecular flexibility index (Phi) is 8.50. The van der Waals surface area contributed by atoms with Crippen LogP contribution in [0.5, 0.6) is 5.75 Å². The van der Waals surface area contributed by atoms with Crippen LogP contribution in [-0.4, -0.2) is 69.4 Å². The molecule has 1 aliphatic rings. The number of thioether (sulfide) groups is 1. The summed E-state index contributed by atoms with van der Waals surface area (Å²) in [5.74, 6) is 2.37. The summed E-state index contributed by atoms with van der Waals surface area (Å²) in [6.07, 6.45) is 5.47. The first kappa shape index (κ1) is 23.9. The Balaban J connectivity index is 1.30. The van der Waals surface area contributed by atoms with Crippen molar-refractivity contribution in [3.63, 3.8) is 0 Å². The smallest absolute Gasteiger partial charge is 0.119 e. The van der Waals surface area contributed by atoms with Gasteiger partial charge in [0, 0.05) is 43.2 Å². The van der Waals surface area contributed by atoms with Gasteiger partial charge in [0.15, 0.2) is 0 Å². The molecule has 1 fully saturated rings. The topological polar surface area (TPSA) is 91.6 Å². The van der Waals surface area contributed by atoms with Crippen molar-refractivity contribution < 1.29 is 14.9 Å². The van der Waals surface area contributed by atoms with E-state index in [2.05, 4.69) is 20.1 Å². The fourth-order valence-electron chi connectivity index (χ4n) is 4.68. The Morgan fingerprint density at radius 2 is 2.12 bits per heavy atom. The third-order valence-corrected chi connectivity index (χ3v) is 7.47. The highest BCUT2D eigenvalue weighted by Crippen LogP contribution is 2.33. The van der Waals surface area contributed by atoms with Crippen LogP contribution < -0.4 is 4.74 Å². The molecule has 0 aliphatic carbocycles. The van der Waals surface area contributed by atoms with Crippen molar-refractivity contribution in [2.24, 2.45) is 11.8 Å². The number of fused-ring (bicyclic) bond motifs is 1. The fourth-order valence-corrected chi connectivity index (χ4v) is 5.52. The van der Waals surface area contributed by atoms with Crippen molar-refractivity contribution in [3.8, 4) is 5.75 Å². The molecule has 0 amide bonds. The number of pyridine rings is 1. The molecular weight excluding hydrogens is 436 g/mol. The summed E-state index contributed by atoms with van der Waals surface area (Å²) >= 11 is 1.71. The van der Waals surface area contributed by atoms with Crippen molar-refractivity contribution in [1.29, 1.82) is 0 Å². The lowest BCUT2D eigenvalue weighted by atomic mass is 9.81. The van der Waals surface area contributed by atoms with Crippen molar-refractivity contribution in [1.82, 2.24) is 20.1 Å². The molecule has 4 rings (SSSR count). The molecule has 0 bridgehead atoms. The first-order valence-corrected chi connectivity index (χ1v) is 12.5. The number of hydrogen-bond donors (Lipinski definition) is 2. The molecule has 176 valence electrons. The molecular formula is C25H32N4O3S. The number of rotatable bonds is 10. The highest BCUT2D eigenvalue weighted by molar-refractivity contribution is 7.99. The minimum Gasteiger partial charge on any atom is -0.497 e. The molecule has 1 aromatic carbocycles. The minimum atomic E-state index is -0.566. The van der Waals surface area contributed by atoms with Gasteiger partial charge in [0.05, 0.1) is 18.7 Å². The summed E-state index contributed by atoms with van der Waals surface area (Å²) < 4.78 is 5.35. The maximum Gasteiger partial charge on any atom is 0.119 e. The SMILES string of the molecule is COc1ccc2nccc([C@@H](O)CC[C@@H]3CCN(CCSc4cccnn4)C[C@@H]3CO)c2c1. The van der Waals surface area contributed by atoms with Crippen LogP contribution in [0, 0.1) is 11.8 Å². The summed E-state index contributed by atoms with van der Waals surface area (Å²) in [6, 6.07) is 11.5. The minimum absolute atomic E-state index is 0.184. The molecule has 2 N–H and O–H groups in total. The quantitative estimate of drug-likeness (QED) is 0.437. The van der Waals surface area contributed by atoms with Crippen molar-refractivity contribution in [2.45, 2.75) is 30.4 Å². The molecule has 1 saturated heterocycles. The fraction of sp³-hybridized carbons (Fsp3) is 0.480. The van der Waals surface area contributed by atoms with Gasteiger partial charge < -0.3 is 19.8 Å². The van der Waals surface area contributed by atoms with Crippen LogP contribution in [0.3, 0.4) is 0 Å². The van der Waals surface area contributed by atoms with Gasteiger partial charge in [0.25, 0.3) is 0 Å². The van der Waals surface area contributed by atoms with Gasteiger partial charge in [-0.3, -0.25) is 4.98 Å². The largest absolute Gasteiger partial charge is 0.497 e. The van der Waals surface area contributed by atoms with E-state index in [1.165, 1.54) is 0 Å². The molecule has 2 aromatic heterocycles. The van der Waals surface area contributed by atoms with E-state index in [0.29, 0.717) is 12.3 Å². The second kappa shape index (κ2) is 11.7. The van der Waals surface area contributed by atoms with Crippen molar-refractivity contribution >= 4 is 22.7 Å². The van der Waals surface area contributed by atoms with E-state index in [0.717, 1.165) is 65.5 Å². The normalized spacial score (nSPS) is 20.1. The van der Waals surface area contributed by atoms with Gasteiger partial charge in [-0.2, -0.15) is 5.10 Å². The molecule has 33 heavy (non-hydrogen) atoms. The number of aromatic nitrogens is 3. The maximum atomic E-state index is 11.0. The van der Waals surface area contributed by atoms with Crippen LogP contribution in [-0.2, 0) is 0 Å². The van der Waals surface area contributed by atoms with Crippen molar-refractivity contribution in [2.75, 3.05) is 39.1 Å². The number of aliphatic hydroxyl groups is 2. The van der Waals surface area contributed by atoms with Crippen LogP contribution in [0.1, 0.15) is 30.9 Å². The number of piperidine rings is 1. The zero-order valence-electron chi connectivity index (χ0n) is 19.0. The summed E-state index contributed by atoms with van der Waals surface area (Å²) in [7, 11) is 1.64. The third kappa shape index (κ3) is 6.20. The van der Waals surface area contributed by atoms with Gasteiger partial charge in [-0.05, 0) is 79.6 Å². The molecule has 0 radical (unpaired) electrons. The number of nitrogens with zero attached hydrogens (tertiary/aromatic N) is 4. The Hall–Kier alpha value is -2.26. The Morgan fingerprint density at radius 3 is 2.91 bits per heavy atom. The van der Waals surface area contributed by atoms with E-state index < -0.39 is 6.10 Å². The predicted octanol–water partition coefficient (Wildman–Crippen LogP) is 3.57. The summed E-state index contributed by atoms with van der Waals surface area (Å²) in [5, 5.41) is 30.9. The first-order chi connectivity index (χ1) is 16.2. The third-order valence-electron chi connectivity index (χ3n) is 6.57. The predicted molar refractivity (Wildman–Crippen MR) is 130 cm³/mol. The average molecular weight is 469 g/mol. The van der Waals surface area contributed by atoms with E-state index in [1.54, 1.807) is 31.3 Å². The zero-order chi connectivity index (χ0) is 23.0. The Labute approximate surface area is 199 Å². The molecule has 0 spiro atoms. The number of methoxy groups -OCH3 is 1. The number of benzene rings is 1. The van der Waals surface area contributed by atoms with Crippen LogP contribution in [0.25, 0.3) is 10.9 Å². The summed E-state index contributed by atoms with van der Waals surface area (Å²) in [4.78, 5) is 6.84. The van der Waals surface area contributed by atoms with Crippen molar-refractivity contribution in [3.05, 3.63) is 54.4 Å². The van der Waals surface area contributed by atoms with E-state index in [4.69, 9.17) is 4.74 Å². The highest BCUT2D eigenvalue weighted by atomic mass is 32.2. The van der Waals surface area contributed by atoms with Crippen LogP contribution in [0.4, 0.5) is 0 Å². The highest BCUT2D eigenvalue weighted by Gasteiger charge is 2.29. The average Bonchev–Trinajstić information content (AvgIpc) is 2.87. The first-order valence-electron chi connectivity index (χ1n) is 11.5. The molecule has 3 aromatic rings. The van der Waals surface area contributed by atoms with Gasteiger partial charge in [0.2, 0.25) is 0 Å². The van der Waals surface area contributed by atoms with Crippen LogP contribution in [0.2, 0.25) is 0 Å². The monoisotopic (exact) mass is 468 g/mol. The summed E-state index contributed by atoms with van der Waals surface area (Å²) in [5.41, 5.74) is 1.74. The Bertz CT molecular complexity index is 1020. The molecule has 3 atom stereocenters. The van der Waals surface area contributed by atoms with Gasteiger partial charge in [-0.25, -0.2) is 0 Å². The standard InChI is InChI=1S/C25H32N4O3S/c1-32-20-5-6-23-22(15-20)21(8-11-26-23)24(31)7-4-18-9-12-29(16-19(18)17-30)13-14-33-25-3-2-10-27-28-25/h2-3,5-6,8,10-11,15,18-19,24,30-31H,4,7,9,12-14,16-17H2,1H3/t18-,19-,24+/m1/s1. The molecule has 7 nitrogen and oxygen atoms in total. The molecule has 0 saturated carbocycles. The van der Waals surface area contributed by atoms with E-state index >= 15 is 0 Å². The number of hydrogen-bond acceptors (Lipinski definition) is 8. The number of aliphatic hydroxyl groups excluding tert-OH is 2. The Morgan fingerprint density at radius 1 is 1.21 bits per heavy atom. The number of likely N-dealkylation sites (tertiary alicyclic amines) is 1. The molecule has 8 heteroatoms. The second-order valence-electron chi connectivity index (χ2n) is 8.58. The lowest BCUT2D eigenvalue weighted by molar-refractivity contribution is 0.0608. The van der Waals surface area contributed by atoms with Crippen LogP contribution in [0.15, 0.2) is 53.8 Å². The van der Waals surface area contributed by atoms with E-state index in [9.17, 15) is 10.2 Å². The van der Waals surface area contributed by atoms with Crippen LogP contribution >= 0.6 is 11.8 Å². The zero-order valence-corrected chi connectivity index (χ0v) is 19.8. The molecule has 3 heterocycles. The lowest BCUT2D eigenvalue weighted by Crippen LogP contribution is -2.43. The van der Waals surface area contributed by atoms with Gasteiger partial charge >= 0.3 is 0 Å². The lowest BCUT2D eigenvalue weighted by Gasteiger charge is -2.38. The van der Waals surface area contributed by atoms with Gasteiger partial charge in [-0.15, -0.1) is 16.9 Å². The maximum absolute atomic E-state index is 11.0. The van der Waals surface area contributed by atoms with Gasteiger partial charge in [0.1, 0.15) is 10.8 Å². The van der Waals surface area contributed by atoms with Gasteiger partial charge in [-0.1, -0.05) is 0 Å². The van der Waals surface area contributed by atoms with E-state index in [-0.39, 0.29) is 12.5 Å².